The number of aliphatic hydroxyl groups excluding tert-OH is 2. The molecule has 2 N–H and O–H groups in total. The van der Waals surface area contributed by atoms with Crippen molar-refractivity contribution in [3.05, 3.63) is 35.4 Å². The summed E-state index contributed by atoms with van der Waals surface area (Å²) in [6.07, 6.45) is -1.28. The monoisotopic (exact) mass is 348 g/mol. The zero-order valence-corrected chi connectivity index (χ0v) is 14.5. The standard InChI is InChI=1S/C19H24O6/c1-11(20)24-10-19-8-7-13-5-3-4-6-14(13)17(19)15(22)9-16(23)18(19)25-12(2)21/h3-6,15-18,22-23H,7-10H2,1-2H3/t15-,16-,17+,18-,19+/m1/s1. The molecule has 0 bridgehead atoms. The molecule has 6 heteroatoms. The highest BCUT2D eigenvalue weighted by molar-refractivity contribution is 5.67. The molecular formula is C19H24O6. The van der Waals surface area contributed by atoms with Gasteiger partial charge in [0.1, 0.15) is 12.7 Å². The van der Waals surface area contributed by atoms with Crippen LogP contribution in [0.4, 0.5) is 0 Å². The molecule has 0 amide bonds. The van der Waals surface area contributed by atoms with Crippen LogP contribution >= 0.6 is 0 Å². The number of esters is 2. The third-order valence-electron chi connectivity index (χ3n) is 5.49. The average Bonchev–Trinajstić information content (AvgIpc) is 2.56. The van der Waals surface area contributed by atoms with Crippen LogP contribution in [0.5, 0.6) is 0 Å². The summed E-state index contributed by atoms with van der Waals surface area (Å²) in [5.41, 5.74) is 1.25. The molecule has 0 radical (unpaired) electrons. The molecule has 5 atom stereocenters. The number of benzene rings is 1. The quantitative estimate of drug-likeness (QED) is 0.801. The summed E-state index contributed by atoms with van der Waals surface area (Å²) in [4.78, 5) is 23.1. The summed E-state index contributed by atoms with van der Waals surface area (Å²) in [5.74, 6) is -1.31. The summed E-state index contributed by atoms with van der Waals surface area (Å²) in [7, 11) is 0. The van der Waals surface area contributed by atoms with Crippen molar-refractivity contribution in [2.75, 3.05) is 6.61 Å². The van der Waals surface area contributed by atoms with Crippen molar-refractivity contribution < 1.29 is 29.3 Å². The minimum atomic E-state index is -1.00. The number of carbonyl (C=O) groups is 2. The van der Waals surface area contributed by atoms with Gasteiger partial charge in [0.05, 0.1) is 17.6 Å². The van der Waals surface area contributed by atoms with Crippen LogP contribution in [-0.4, -0.2) is 47.1 Å². The van der Waals surface area contributed by atoms with Gasteiger partial charge in [-0.1, -0.05) is 24.3 Å². The highest BCUT2D eigenvalue weighted by Gasteiger charge is 2.59. The van der Waals surface area contributed by atoms with Gasteiger partial charge >= 0.3 is 11.9 Å². The van der Waals surface area contributed by atoms with Crippen LogP contribution in [0.1, 0.15) is 43.7 Å². The molecule has 0 unspecified atom stereocenters. The number of carbonyl (C=O) groups excluding carboxylic acids is 2. The second-order valence-corrected chi connectivity index (χ2v) is 7.09. The number of aryl methyl sites for hydroxylation is 1. The summed E-state index contributed by atoms with van der Waals surface area (Å²) < 4.78 is 10.8. The molecule has 2 aliphatic carbocycles. The second kappa shape index (κ2) is 6.77. The van der Waals surface area contributed by atoms with Crippen molar-refractivity contribution in [1.29, 1.82) is 0 Å². The van der Waals surface area contributed by atoms with Crippen LogP contribution in [0.2, 0.25) is 0 Å². The van der Waals surface area contributed by atoms with Gasteiger partial charge in [-0.25, -0.2) is 0 Å². The number of ether oxygens (including phenoxy) is 2. The number of fused-ring (bicyclic) bond motifs is 3. The maximum absolute atomic E-state index is 11.6. The molecule has 1 saturated carbocycles. The topological polar surface area (TPSA) is 93.1 Å². The van der Waals surface area contributed by atoms with Gasteiger partial charge < -0.3 is 19.7 Å². The minimum Gasteiger partial charge on any atom is -0.465 e. The molecule has 136 valence electrons. The molecule has 0 aromatic heterocycles. The molecule has 2 aliphatic rings. The Kier molecular flexibility index (Phi) is 4.84. The van der Waals surface area contributed by atoms with Crippen LogP contribution in [-0.2, 0) is 25.5 Å². The first kappa shape index (κ1) is 17.9. The second-order valence-electron chi connectivity index (χ2n) is 7.09. The van der Waals surface area contributed by atoms with E-state index in [2.05, 4.69) is 0 Å². The van der Waals surface area contributed by atoms with E-state index in [1.54, 1.807) is 0 Å². The van der Waals surface area contributed by atoms with Crippen molar-refractivity contribution in [2.45, 2.75) is 57.3 Å². The van der Waals surface area contributed by atoms with Gasteiger partial charge in [-0.15, -0.1) is 0 Å². The first-order valence-electron chi connectivity index (χ1n) is 8.59. The Hall–Kier alpha value is -1.92. The summed E-state index contributed by atoms with van der Waals surface area (Å²) >= 11 is 0. The Morgan fingerprint density at radius 2 is 1.88 bits per heavy atom. The maximum Gasteiger partial charge on any atom is 0.303 e. The molecule has 0 heterocycles. The molecule has 1 aromatic carbocycles. The van der Waals surface area contributed by atoms with E-state index in [0.29, 0.717) is 12.8 Å². The van der Waals surface area contributed by atoms with Crippen LogP contribution in [0.25, 0.3) is 0 Å². The van der Waals surface area contributed by atoms with E-state index in [0.717, 1.165) is 11.1 Å². The van der Waals surface area contributed by atoms with Gasteiger partial charge in [-0.05, 0) is 24.0 Å². The van der Waals surface area contributed by atoms with E-state index < -0.39 is 35.7 Å². The van der Waals surface area contributed by atoms with Crippen molar-refractivity contribution in [1.82, 2.24) is 0 Å². The molecule has 0 aliphatic heterocycles. The number of hydrogen-bond donors (Lipinski definition) is 2. The third kappa shape index (κ3) is 3.16. The lowest BCUT2D eigenvalue weighted by Crippen LogP contribution is -2.61. The normalized spacial score (nSPS) is 33.8. The molecule has 3 rings (SSSR count). The van der Waals surface area contributed by atoms with E-state index in [1.165, 1.54) is 13.8 Å². The lowest BCUT2D eigenvalue weighted by atomic mass is 9.55. The Morgan fingerprint density at radius 1 is 1.16 bits per heavy atom. The fourth-order valence-electron chi connectivity index (χ4n) is 4.55. The average molecular weight is 348 g/mol. The lowest BCUT2D eigenvalue weighted by Gasteiger charge is -2.54. The first-order chi connectivity index (χ1) is 11.8. The van der Waals surface area contributed by atoms with Crippen LogP contribution in [0.3, 0.4) is 0 Å². The largest absolute Gasteiger partial charge is 0.465 e. The van der Waals surface area contributed by atoms with E-state index in [4.69, 9.17) is 9.47 Å². The highest BCUT2D eigenvalue weighted by atomic mass is 16.6. The first-order valence-corrected chi connectivity index (χ1v) is 8.59. The highest BCUT2D eigenvalue weighted by Crippen LogP contribution is 2.55. The van der Waals surface area contributed by atoms with Crippen LogP contribution < -0.4 is 0 Å². The SMILES string of the molecule is CC(=O)OC[C@@]12CCc3ccccc3[C@H]1[C@H](O)C[C@@H](O)[C@H]2OC(C)=O. The molecule has 0 spiro atoms. The van der Waals surface area contributed by atoms with Crippen molar-refractivity contribution in [3.8, 4) is 0 Å². The number of aliphatic hydroxyl groups is 2. The van der Waals surface area contributed by atoms with Gasteiger partial charge in [0.2, 0.25) is 0 Å². The smallest absolute Gasteiger partial charge is 0.303 e. The van der Waals surface area contributed by atoms with Crippen molar-refractivity contribution in [2.24, 2.45) is 5.41 Å². The summed E-state index contributed by atoms with van der Waals surface area (Å²) in [6, 6.07) is 7.82. The Bertz CT molecular complexity index is 672. The van der Waals surface area contributed by atoms with Gasteiger partial charge in [0.15, 0.2) is 0 Å². The third-order valence-corrected chi connectivity index (χ3v) is 5.49. The molecule has 1 aromatic rings. The fourth-order valence-corrected chi connectivity index (χ4v) is 4.55. The van der Waals surface area contributed by atoms with Crippen LogP contribution in [0.15, 0.2) is 24.3 Å². The molecule has 0 saturated heterocycles. The van der Waals surface area contributed by atoms with Gasteiger partial charge in [-0.3, -0.25) is 9.59 Å². The van der Waals surface area contributed by atoms with Crippen molar-refractivity contribution in [3.63, 3.8) is 0 Å². The Labute approximate surface area is 146 Å². The zero-order valence-electron chi connectivity index (χ0n) is 14.5. The Morgan fingerprint density at radius 3 is 2.56 bits per heavy atom. The summed E-state index contributed by atoms with van der Waals surface area (Å²) in [5, 5.41) is 21.3. The predicted octanol–water partition coefficient (Wildman–Crippen LogP) is 1.32. The van der Waals surface area contributed by atoms with E-state index in [-0.39, 0.29) is 18.9 Å². The zero-order chi connectivity index (χ0) is 18.2. The maximum atomic E-state index is 11.6. The van der Waals surface area contributed by atoms with Gasteiger partial charge in [-0.2, -0.15) is 0 Å². The van der Waals surface area contributed by atoms with Crippen molar-refractivity contribution >= 4 is 11.9 Å². The lowest BCUT2D eigenvalue weighted by molar-refractivity contribution is -0.201. The molecule has 1 fully saturated rings. The van der Waals surface area contributed by atoms with Gasteiger partial charge in [0.25, 0.3) is 0 Å². The fraction of sp³-hybridized carbons (Fsp3) is 0.579. The predicted molar refractivity (Wildman–Crippen MR) is 88.8 cm³/mol. The van der Waals surface area contributed by atoms with E-state index in [1.807, 2.05) is 24.3 Å². The molecule has 6 nitrogen and oxygen atoms in total. The minimum absolute atomic E-state index is 0.00655. The van der Waals surface area contributed by atoms with E-state index in [9.17, 15) is 19.8 Å². The number of hydrogen-bond acceptors (Lipinski definition) is 6. The van der Waals surface area contributed by atoms with Gasteiger partial charge in [0, 0.05) is 26.2 Å². The summed E-state index contributed by atoms with van der Waals surface area (Å²) in [6.45, 7) is 2.61. The number of rotatable bonds is 3. The van der Waals surface area contributed by atoms with Crippen LogP contribution in [0, 0.1) is 5.41 Å². The van der Waals surface area contributed by atoms with E-state index >= 15 is 0 Å². The molecular weight excluding hydrogens is 324 g/mol. The molecule has 25 heavy (non-hydrogen) atoms. The Balaban J connectivity index is 2.09.